The zero-order valence-electron chi connectivity index (χ0n) is 10.4. The van der Waals surface area contributed by atoms with Gasteiger partial charge in [0.2, 0.25) is 0 Å². The van der Waals surface area contributed by atoms with Crippen LogP contribution in [0.5, 0.6) is 0 Å². The van der Waals surface area contributed by atoms with Crippen molar-refractivity contribution in [3.63, 3.8) is 0 Å². The Hall–Kier alpha value is -1.47. The van der Waals surface area contributed by atoms with Crippen molar-refractivity contribution in [2.75, 3.05) is 11.1 Å². The highest BCUT2D eigenvalue weighted by molar-refractivity contribution is 8.23. The Balaban J connectivity index is 2.40. The van der Waals surface area contributed by atoms with Gasteiger partial charge in [-0.15, -0.1) is 0 Å². The summed E-state index contributed by atoms with van der Waals surface area (Å²) < 4.78 is 0.553. The number of nitro benzene ring substituents is 1. The Morgan fingerprint density at radius 1 is 1.42 bits per heavy atom. The highest BCUT2D eigenvalue weighted by Gasteiger charge is 2.05. The van der Waals surface area contributed by atoms with E-state index in [0.717, 1.165) is 0 Å². The number of carbonyl (C=O) groups is 1. The first-order chi connectivity index (χ1) is 9.02. The van der Waals surface area contributed by atoms with Gasteiger partial charge in [-0.05, 0) is 12.1 Å². The molecule has 0 spiro atoms. The third-order valence-corrected chi connectivity index (χ3v) is 3.56. The molecule has 1 N–H and O–H groups in total. The van der Waals surface area contributed by atoms with Crippen LogP contribution >= 0.6 is 24.0 Å². The van der Waals surface area contributed by atoms with Gasteiger partial charge in [0.1, 0.15) is 10.1 Å². The molecular formula is C12H14N2O3S2. The van der Waals surface area contributed by atoms with Crippen molar-refractivity contribution in [1.29, 1.82) is 0 Å². The molecule has 0 unspecified atom stereocenters. The molecule has 0 aliphatic heterocycles. The number of nitro groups is 1. The number of thiocarbonyl (C=S) groups is 1. The van der Waals surface area contributed by atoms with Gasteiger partial charge in [-0.2, -0.15) is 0 Å². The maximum Gasteiger partial charge on any atom is 0.269 e. The van der Waals surface area contributed by atoms with Crippen molar-refractivity contribution < 1.29 is 9.72 Å². The summed E-state index contributed by atoms with van der Waals surface area (Å²) in [6, 6.07) is 6.02. The normalized spacial score (nSPS) is 9.95. The second kappa shape index (κ2) is 7.85. The fourth-order valence-corrected chi connectivity index (χ4v) is 2.33. The van der Waals surface area contributed by atoms with E-state index in [1.165, 1.54) is 23.9 Å². The summed E-state index contributed by atoms with van der Waals surface area (Å²) in [6.45, 7) is 1.83. The summed E-state index contributed by atoms with van der Waals surface area (Å²) >= 11 is 6.51. The van der Waals surface area contributed by atoms with Crippen LogP contribution < -0.4 is 5.32 Å². The molecule has 0 saturated heterocycles. The largest absolute Gasteiger partial charge is 0.341 e. The standard InChI is InChI=1S/C12H14N2O3S2/c1-2-11(15)7-8-19-12(18)13-9-3-5-10(6-4-9)14(16)17/h3-6H,2,7-8H2,1H3,(H,13,18). The minimum atomic E-state index is -0.451. The Morgan fingerprint density at radius 3 is 2.58 bits per heavy atom. The van der Waals surface area contributed by atoms with E-state index in [9.17, 15) is 14.9 Å². The average molecular weight is 298 g/mol. The molecule has 0 amide bonds. The molecule has 1 aromatic rings. The second-order valence-corrected chi connectivity index (χ2v) is 5.48. The molecule has 0 heterocycles. The van der Waals surface area contributed by atoms with Crippen molar-refractivity contribution in [3.05, 3.63) is 34.4 Å². The van der Waals surface area contributed by atoms with Crippen molar-refractivity contribution >= 4 is 45.5 Å². The SMILES string of the molecule is CCC(=O)CCSC(=S)Nc1ccc([N+](=O)[O-])cc1. The number of nitrogens with zero attached hydrogens (tertiary/aromatic N) is 1. The number of rotatable bonds is 6. The topological polar surface area (TPSA) is 72.2 Å². The van der Waals surface area contributed by atoms with Crippen LogP contribution in [0.1, 0.15) is 19.8 Å². The summed E-state index contributed by atoms with van der Waals surface area (Å²) in [5.41, 5.74) is 0.739. The molecule has 0 atom stereocenters. The van der Waals surface area contributed by atoms with Gasteiger partial charge in [0, 0.05) is 36.4 Å². The molecule has 0 fully saturated rings. The van der Waals surface area contributed by atoms with Gasteiger partial charge in [-0.3, -0.25) is 14.9 Å². The molecule has 0 aliphatic carbocycles. The number of Topliss-reactive ketones (excluding diaryl/α,β-unsaturated/α-hetero) is 1. The van der Waals surface area contributed by atoms with Crippen LogP contribution in [0.3, 0.4) is 0 Å². The molecule has 0 radical (unpaired) electrons. The number of non-ortho nitro benzene ring substituents is 1. The molecule has 0 saturated carbocycles. The quantitative estimate of drug-likeness (QED) is 0.493. The molecule has 1 rings (SSSR count). The lowest BCUT2D eigenvalue weighted by atomic mass is 10.2. The first-order valence-corrected chi connectivity index (χ1v) is 7.12. The van der Waals surface area contributed by atoms with Gasteiger partial charge in [-0.1, -0.05) is 30.9 Å². The second-order valence-electron chi connectivity index (χ2n) is 3.71. The molecule has 0 aliphatic rings. The fourth-order valence-electron chi connectivity index (χ4n) is 1.25. The van der Waals surface area contributed by atoms with Crippen LogP contribution in [-0.4, -0.2) is 20.8 Å². The smallest absolute Gasteiger partial charge is 0.269 e. The van der Waals surface area contributed by atoms with Gasteiger partial charge in [0.05, 0.1) is 4.92 Å². The van der Waals surface area contributed by atoms with E-state index in [1.807, 2.05) is 6.92 Å². The fraction of sp³-hybridized carbons (Fsp3) is 0.333. The number of carbonyl (C=O) groups excluding carboxylic acids is 1. The zero-order chi connectivity index (χ0) is 14.3. The Morgan fingerprint density at radius 2 is 2.05 bits per heavy atom. The molecule has 0 aromatic heterocycles. The lowest BCUT2D eigenvalue weighted by molar-refractivity contribution is -0.384. The summed E-state index contributed by atoms with van der Waals surface area (Å²) in [7, 11) is 0. The van der Waals surface area contributed by atoms with Crippen LogP contribution in [0.2, 0.25) is 0 Å². The average Bonchev–Trinajstić information content (AvgIpc) is 2.39. The van der Waals surface area contributed by atoms with E-state index in [2.05, 4.69) is 5.32 Å². The maximum absolute atomic E-state index is 11.1. The predicted octanol–water partition coefficient (Wildman–Crippen LogP) is 3.39. The van der Waals surface area contributed by atoms with Crippen LogP contribution in [0.15, 0.2) is 24.3 Å². The van der Waals surface area contributed by atoms with Crippen LogP contribution in [-0.2, 0) is 4.79 Å². The molecule has 1 aromatic carbocycles. The Labute approximate surface area is 120 Å². The van der Waals surface area contributed by atoms with Gasteiger partial charge in [0.15, 0.2) is 0 Å². The van der Waals surface area contributed by atoms with E-state index >= 15 is 0 Å². The number of nitrogens with one attached hydrogen (secondary N) is 1. The number of hydrogen-bond donors (Lipinski definition) is 1. The minimum absolute atomic E-state index is 0.0395. The van der Waals surface area contributed by atoms with E-state index in [-0.39, 0.29) is 11.5 Å². The van der Waals surface area contributed by atoms with Crippen molar-refractivity contribution in [1.82, 2.24) is 0 Å². The summed E-state index contributed by atoms with van der Waals surface area (Å²) in [5.74, 6) is 0.858. The van der Waals surface area contributed by atoms with Crippen LogP contribution in [0.25, 0.3) is 0 Å². The predicted molar refractivity (Wildman–Crippen MR) is 81.7 cm³/mol. The number of benzene rings is 1. The van der Waals surface area contributed by atoms with Gasteiger partial charge < -0.3 is 5.32 Å². The first kappa shape index (κ1) is 15.6. The summed E-state index contributed by atoms with van der Waals surface area (Å²) in [4.78, 5) is 21.2. The molecular weight excluding hydrogens is 284 g/mol. The first-order valence-electron chi connectivity index (χ1n) is 5.73. The minimum Gasteiger partial charge on any atom is -0.341 e. The van der Waals surface area contributed by atoms with E-state index < -0.39 is 4.92 Å². The number of anilines is 1. The summed E-state index contributed by atoms with van der Waals surface area (Å²) in [5, 5.41) is 13.5. The third kappa shape index (κ3) is 5.80. The van der Waals surface area contributed by atoms with E-state index in [1.54, 1.807) is 12.1 Å². The van der Waals surface area contributed by atoms with Gasteiger partial charge in [0.25, 0.3) is 5.69 Å². The number of ketones is 1. The highest BCUT2D eigenvalue weighted by atomic mass is 32.2. The Bertz CT molecular complexity index is 474. The lowest BCUT2D eigenvalue weighted by Crippen LogP contribution is -2.06. The monoisotopic (exact) mass is 298 g/mol. The molecule has 0 bridgehead atoms. The highest BCUT2D eigenvalue weighted by Crippen LogP contribution is 2.17. The zero-order valence-corrected chi connectivity index (χ0v) is 12.1. The molecule has 102 valence electrons. The van der Waals surface area contributed by atoms with Gasteiger partial charge >= 0.3 is 0 Å². The third-order valence-electron chi connectivity index (χ3n) is 2.33. The number of thioether (sulfide) groups is 1. The number of hydrogen-bond acceptors (Lipinski definition) is 5. The van der Waals surface area contributed by atoms with Crippen LogP contribution in [0.4, 0.5) is 11.4 Å². The van der Waals surface area contributed by atoms with Crippen molar-refractivity contribution in [2.45, 2.75) is 19.8 Å². The van der Waals surface area contributed by atoms with Crippen molar-refractivity contribution in [3.8, 4) is 0 Å². The van der Waals surface area contributed by atoms with E-state index in [4.69, 9.17) is 12.2 Å². The summed E-state index contributed by atoms with van der Waals surface area (Å²) in [6.07, 6.45) is 1.05. The Kier molecular flexibility index (Phi) is 6.44. The van der Waals surface area contributed by atoms with Crippen molar-refractivity contribution in [2.24, 2.45) is 0 Å². The van der Waals surface area contributed by atoms with Gasteiger partial charge in [-0.25, -0.2) is 0 Å². The molecule has 19 heavy (non-hydrogen) atoms. The maximum atomic E-state index is 11.1. The molecule has 5 nitrogen and oxygen atoms in total. The van der Waals surface area contributed by atoms with E-state index in [0.29, 0.717) is 28.6 Å². The lowest BCUT2D eigenvalue weighted by Gasteiger charge is -2.06. The molecule has 7 heteroatoms. The van der Waals surface area contributed by atoms with Crippen LogP contribution in [0, 0.1) is 10.1 Å².